The number of rotatable bonds is 5. The van der Waals surface area contributed by atoms with E-state index in [1.807, 2.05) is 6.07 Å². The lowest BCUT2D eigenvalue weighted by atomic mass is 9.94. The van der Waals surface area contributed by atoms with Crippen LogP contribution in [0.1, 0.15) is 36.5 Å². The fourth-order valence-electron chi connectivity index (χ4n) is 2.46. The number of sulfonamides is 1. The minimum Gasteiger partial charge on any atom is -0.480 e. The van der Waals surface area contributed by atoms with Crippen molar-refractivity contribution >= 4 is 27.3 Å². The molecule has 8 heteroatoms. The maximum Gasteiger partial charge on any atom is 0.327 e. The normalized spacial score (nSPS) is 26.7. The Bertz CT molecular complexity index is 641. The summed E-state index contributed by atoms with van der Waals surface area (Å²) in [5.74, 6) is -0.713. The highest BCUT2D eigenvalue weighted by atomic mass is 32.2. The van der Waals surface area contributed by atoms with Crippen LogP contribution in [0.5, 0.6) is 0 Å². The predicted molar refractivity (Wildman–Crippen MR) is 77.0 cm³/mol. The fourth-order valence-corrected chi connectivity index (χ4v) is 5.33. The monoisotopic (exact) mass is 331 g/mol. The highest BCUT2D eigenvalue weighted by molar-refractivity contribution is 7.91. The molecule has 3 rings (SSSR count). The number of nitrogens with one attached hydrogen (secondary N) is 1. The molecule has 21 heavy (non-hydrogen) atoms. The molecule has 2 N–H and O–H groups in total. The standard InChI is InChI=1S/C13H17NO5S2/c15-12(16)13(6-1-7-19-8-13)14-21(17,18)11-5-4-10(20-11)9-2-3-9/h4-5,9,14H,1-3,6-8H2,(H,15,16). The fraction of sp³-hybridized carbons (Fsp3) is 0.615. The van der Waals surface area contributed by atoms with Crippen molar-refractivity contribution in [2.75, 3.05) is 13.2 Å². The summed E-state index contributed by atoms with van der Waals surface area (Å²) < 4.78 is 32.6. The molecule has 2 fully saturated rings. The minimum absolute atomic E-state index is 0.136. The van der Waals surface area contributed by atoms with Gasteiger partial charge >= 0.3 is 5.97 Å². The van der Waals surface area contributed by atoms with Gasteiger partial charge in [-0.3, -0.25) is 4.79 Å². The highest BCUT2D eigenvalue weighted by Gasteiger charge is 2.44. The zero-order valence-electron chi connectivity index (χ0n) is 11.4. The molecule has 0 radical (unpaired) electrons. The summed E-state index contributed by atoms with van der Waals surface area (Å²) in [6, 6.07) is 3.38. The molecule has 2 heterocycles. The van der Waals surface area contributed by atoms with Crippen LogP contribution in [-0.2, 0) is 19.6 Å². The molecule has 1 aliphatic heterocycles. The lowest BCUT2D eigenvalue weighted by Crippen LogP contribution is -2.59. The van der Waals surface area contributed by atoms with Crippen molar-refractivity contribution < 1.29 is 23.1 Å². The van der Waals surface area contributed by atoms with Gasteiger partial charge in [0.05, 0.1) is 6.61 Å². The second-order valence-electron chi connectivity index (χ2n) is 5.58. The van der Waals surface area contributed by atoms with Crippen LogP contribution < -0.4 is 4.72 Å². The van der Waals surface area contributed by atoms with Gasteiger partial charge in [-0.15, -0.1) is 11.3 Å². The van der Waals surface area contributed by atoms with Crippen LogP contribution in [0.25, 0.3) is 0 Å². The molecule has 6 nitrogen and oxygen atoms in total. The molecule has 0 aromatic carbocycles. The largest absolute Gasteiger partial charge is 0.480 e. The Kier molecular flexibility index (Phi) is 3.81. The summed E-state index contributed by atoms with van der Waals surface area (Å²) in [5.41, 5.74) is -1.55. The van der Waals surface area contributed by atoms with E-state index in [2.05, 4.69) is 4.72 Å². The van der Waals surface area contributed by atoms with Gasteiger partial charge in [0.15, 0.2) is 5.54 Å². The molecular weight excluding hydrogens is 314 g/mol. The molecule has 1 atom stereocenters. The molecule has 1 saturated heterocycles. The third-order valence-electron chi connectivity index (χ3n) is 3.83. The highest BCUT2D eigenvalue weighted by Crippen LogP contribution is 2.44. The molecule has 116 valence electrons. The zero-order valence-corrected chi connectivity index (χ0v) is 13.0. The maximum absolute atomic E-state index is 12.4. The van der Waals surface area contributed by atoms with Gasteiger partial charge in [0.1, 0.15) is 4.21 Å². The van der Waals surface area contributed by atoms with Crippen LogP contribution in [-0.4, -0.2) is 38.2 Å². The van der Waals surface area contributed by atoms with Gasteiger partial charge in [0.2, 0.25) is 0 Å². The second kappa shape index (κ2) is 5.35. The Hall–Kier alpha value is -0.960. The molecule has 1 aromatic heterocycles. The number of thiophene rings is 1. The third kappa shape index (κ3) is 2.98. The molecule has 0 amide bonds. The second-order valence-corrected chi connectivity index (χ2v) is 8.60. The summed E-state index contributed by atoms with van der Waals surface area (Å²) in [7, 11) is -3.84. The van der Waals surface area contributed by atoms with Crippen LogP contribution in [0.4, 0.5) is 0 Å². The lowest BCUT2D eigenvalue weighted by Gasteiger charge is -2.33. The first-order valence-electron chi connectivity index (χ1n) is 6.88. The smallest absolute Gasteiger partial charge is 0.327 e. The Morgan fingerprint density at radius 3 is 2.76 bits per heavy atom. The van der Waals surface area contributed by atoms with Gasteiger partial charge < -0.3 is 9.84 Å². The molecule has 1 aliphatic carbocycles. The first kappa shape index (κ1) is 15.0. The number of carbonyl (C=O) groups is 1. The maximum atomic E-state index is 12.4. The molecule has 0 bridgehead atoms. The topological polar surface area (TPSA) is 92.7 Å². The van der Waals surface area contributed by atoms with Crippen LogP contribution in [0.2, 0.25) is 0 Å². The van der Waals surface area contributed by atoms with E-state index in [-0.39, 0.29) is 17.2 Å². The van der Waals surface area contributed by atoms with Crippen molar-refractivity contribution in [2.45, 2.75) is 41.3 Å². The predicted octanol–water partition coefficient (Wildman–Crippen LogP) is 1.54. The number of ether oxygens (including phenoxy) is 1. The van der Waals surface area contributed by atoms with E-state index >= 15 is 0 Å². The molecular formula is C13H17NO5S2. The molecule has 1 aromatic rings. The zero-order chi connectivity index (χ0) is 15.1. The van der Waals surface area contributed by atoms with Crippen molar-refractivity contribution in [2.24, 2.45) is 0 Å². The van der Waals surface area contributed by atoms with Gasteiger partial charge in [0, 0.05) is 11.5 Å². The van der Waals surface area contributed by atoms with E-state index in [9.17, 15) is 18.3 Å². The lowest BCUT2D eigenvalue weighted by molar-refractivity contribution is -0.149. The Morgan fingerprint density at radius 1 is 1.43 bits per heavy atom. The number of hydrogen-bond donors (Lipinski definition) is 2. The van der Waals surface area contributed by atoms with E-state index in [1.54, 1.807) is 6.07 Å². The number of hydrogen-bond acceptors (Lipinski definition) is 5. The quantitative estimate of drug-likeness (QED) is 0.854. The summed E-state index contributed by atoms with van der Waals surface area (Å²) in [5, 5.41) is 9.40. The Morgan fingerprint density at radius 2 is 2.19 bits per heavy atom. The van der Waals surface area contributed by atoms with Crippen molar-refractivity contribution in [3.05, 3.63) is 17.0 Å². The average molecular weight is 331 g/mol. The number of aliphatic carboxylic acids is 1. The van der Waals surface area contributed by atoms with Gasteiger partial charge in [-0.1, -0.05) is 0 Å². The third-order valence-corrected chi connectivity index (χ3v) is 7.10. The number of carboxylic acids is 1. The summed E-state index contributed by atoms with van der Waals surface area (Å²) in [4.78, 5) is 12.6. The van der Waals surface area contributed by atoms with Crippen LogP contribution >= 0.6 is 11.3 Å². The first-order chi connectivity index (χ1) is 9.93. The van der Waals surface area contributed by atoms with Crippen LogP contribution in [0, 0.1) is 0 Å². The van der Waals surface area contributed by atoms with Gasteiger partial charge in [-0.2, -0.15) is 4.72 Å². The van der Waals surface area contributed by atoms with Gasteiger partial charge in [0.25, 0.3) is 10.0 Å². The van der Waals surface area contributed by atoms with Gasteiger partial charge in [-0.05, 0) is 43.7 Å². The Balaban J connectivity index is 1.84. The molecule has 1 saturated carbocycles. The minimum atomic E-state index is -3.84. The summed E-state index contributed by atoms with van der Waals surface area (Å²) in [6.07, 6.45) is 2.95. The van der Waals surface area contributed by atoms with E-state index < -0.39 is 21.5 Å². The van der Waals surface area contributed by atoms with Crippen molar-refractivity contribution in [3.63, 3.8) is 0 Å². The number of carboxylic acid groups (broad SMARTS) is 1. The van der Waals surface area contributed by atoms with Crippen molar-refractivity contribution in [1.29, 1.82) is 0 Å². The van der Waals surface area contributed by atoms with E-state index in [4.69, 9.17) is 4.74 Å². The summed E-state index contributed by atoms with van der Waals surface area (Å²) in [6.45, 7) is 0.323. The molecule has 1 unspecified atom stereocenters. The van der Waals surface area contributed by atoms with Crippen molar-refractivity contribution in [3.8, 4) is 0 Å². The first-order valence-corrected chi connectivity index (χ1v) is 9.18. The van der Waals surface area contributed by atoms with Gasteiger partial charge in [-0.25, -0.2) is 8.42 Å². The van der Waals surface area contributed by atoms with Crippen molar-refractivity contribution in [1.82, 2.24) is 4.72 Å². The Labute approximate surface area is 127 Å². The molecule has 2 aliphatic rings. The van der Waals surface area contributed by atoms with E-state index in [0.717, 1.165) is 17.7 Å². The van der Waals surface area contributed by atoms with E-state index in [0.29, 0.717) is 18.9 Å². The average Bonchev–Trinajstić information content (AvgIpc) is 3.16. The molecule has 0 spiro atoms. The van der Waals surface area contributed by atoms with E-state index in [1.165, 1.54) is 11.3 Å². The van der Waals surface area contributed by atoms with Crippen LogP contribution in [0.15, 0.2) is 16.3 Å². The van der Waals surface area contributed by atoms with Crippen LogP contribution in [0.3, 0.4) is 0 Å². The SMILES string of the molecule is O=C(O)C1(NS(=O)(=O)c2ccc(C3CC3)s2)CCCOC1. The summed E-state index contributed by atoms with van der Waals surface area (Å²) >= 11 is 1.23.